The first-order valence-electron chi connectivity index (χ1n) is 7.89. The molecule has 0 fully saturated rings. The molecule has 2 aromatic heterocycles. The van der Waals surface area contributed by atoms with Crippen molar-refractivity contribution in [3.63, 3.8) is 0 Å². The minimum absolute atomic E-state index is 0.199. The van der Waals surface area contributed by atoms with E-state index in [4.69, 9.17) is 4.74 Å². The van der Waals surface area contributed by atoms with Crippen molar-refractivity contribution in [3.05, 3.63) is 66.2 Å². The van der Waals surface area contributed by atoms with Gasteiger partial charge in [0.2, 0.25) is 0 Å². The molecule has 0 radical (unpaired) electrons. The Labute approximate surface area is 153 Å². The largest absolute Gasteiger partial charge is 0.494 e. The van der Waals surface area contributed by atoms with E-state index in [1.165, 1.54) is 17.7 Å². The number of thiazole rings is 1. The van der Waals surface area contributed by atoms with Crippen LogP contribution in [0.25, 0.3) is 10.2 Å². The summed E-state index contributed by atoms with van der Waals surface area (Å²) in [7, 11) is 1.60. The minimum Gasteiger partial charge on any atom is -0.494 e. The van der Waals surface area contributed by atoms with Gasteiger partial charge in [-0.05, 0) is 29.8 Å². The van der Waals surface area contributed by atoms with Gasteiger partial charge in [0.05, 0.1) is 18.4 Å². The summed E-state index contributed by atoms with van der Waals surface area (Å²) in [4.78, 5) is 20.8. The van der Waals surface area contributed by atoms with Crippen molar-refractivity contribution in [2.24, 2.45) is 0 Å². The van der Waals surface area contributed by atoms with Crippen LogP contribution >= 0.6 is 11.3 Å². The first kappa shape index (κ1) is 16.2. The lowest BCUT2D eigenvalue weighted by atomic mass is 10.1. The molecule has 0 saturated carbocycles. The summed E-state index contributed by atoms with van der Waals surface area (Å²) >= 11 is 1.41. The maximum absolute atomic E-state index is 12.5. The van der Waals surface area contributed by atoms with Crippen LogP contribution in [0.5, 0.6) is 5.75 Å². The molecule has 0 spiro atoms. The van der Waals surface area contributed by atoms with Gasteiger partial charge >= 0.3 is 0 Å². The van der Waals surface area contributed by atoms with Crippen LogP contribution in [-0.2, 0) is 6.54 Å². The van der Waals surface area contributed by atoms with Crippen molar-refractivity contribution in [1.29, 1.82) is 0 Å². The predicted octanol–water partition coefficient (Wildman–Crippen LogP) is 3.20. The van der Waals surface area contributed by atoms with Crippen molar-refractivity contribution in [2.75, 3.05) is 12.4 Å². The molecule has 8 heteroatoms. The average Bonchev–Trinajstić information content (AvgIpc) is 3.31. The Bertz CT molecular complexity index is 1040. The molecule has 0 saturated heterocycles. The molecule has 26 heavy (non-hydrogen) atoms. The van der Waals surface area contributed by atoms with Crippen molar-refractivity contribution < 1.29 is 9.53 Å². The smallest absolute Gasteiger partial charge is 0.257 e. The van der Waals surface area contributed by atoms with Gasteiger partial charge in [-0.3, -0.25) is 10.1 Å². The van der Waals surface area contributed by atoms with E-state index in [1.807, 2.05) is 30.3 Å². The lowest BCUT2D eigenvalue weighted by Gasteiger charge is -2.04. The molecule has 2 heterocycles. The van der Waals surface area contributed by atoms with Gasteiger partial charge in [0, 0.05) is 5.56 Å². The Morgan fingerprint density at radius 2 is 2.08 bits per heavy atom. The van der Waals surface area contributed by atoms with E-state index >= 15 is 0 Å². The predicted molar refractivity (Wildman–Crippen MR) is 99.7 cm³/mol. The second-order valence-corrected chi connectivity index (χ2v) is 6.60. The standard InChI is InChI=1S/C18H15N5O2S/c1-25-14-3-2-4-15-16(14)21-18(26-15)22-17(24)13-7-5-12(6-8-13)9-23-11-19-10-20-23/h2-8,10-11H,9H2,1H3,(H,21,22,24). The van der Waals surface area contributed by atoms with Crippen LogP contribution in [0.1, 0.15) is 15.9 Å². The Morgan fingerprint density at radius 1 is 1.23 bits per heavy atom. The maximum Gasteiger partial charge on any atom is 0.257 e. The zero-order valence-corrected chi connectivity index (χ0v) is 14.7. The van der Waals surface area contributed by atoms with Crippen LogP contribution in [0, 0.1) is 0 Å². The number of benzene rings is 2. The fraction of sp³-hybridized carbons (Fsp3) is 0.111. The number of nitrogens with zero attached hydrogens (tertiary/aromatic N) is 4. The van der Waals surface area contributed by atoms with E-state index in [2.05, 4.69) is 20.4 Å². The molecule has 0 atom stereocenters. The van der Waals surface area contributed by atoms with Crippen LogP contribution in [-0.4, -0.2) is 32.8 Å². The highest BCUT2D eigenvalue weighted by Crippen LogP contribution is 2.32. The Morgan fingerprint density at radius 3 is 2.81 bits per heavy atom. The molecule has 0 unspecified atom stereocenters. The molecule has 0 aliphatic rings. The van der Waals surface area contributed by atoms with Crippen molar-refractivity contribution in [3.8, 4) is 5.75 Å². The molecule has 1 amide bonds. The number of hydrogen-bond donors (Lipinski definition) is 1. The lowest BCUT2D eigenvalue weighted by molar-refractivity contribution is 0.102. The fourth-order valence-corrected chi connectivity index (χ4v) is 3.45. The molecule has 130 valence electrons. The first-order chi connectivity index (χ1) is 12.7. The molecule has 0 bridgehead atoms. The number of nitrogens with one attached hydrogen (secondary N) is 1. The third-order valence-electron chi connectivity index (χ3n) is 3.85. The Hall–Kier alpha value is -3.26. The van der Waals surface area contributed by atoms with E-state index in [0.29, 0.717) is 23.0 Å². The van der Waals surface area contributed by atoms with Gasteiger partial charge < -0.3 is 4.74 Å². The number of para-hydroxylation sites is 1. The van der Waals surface area contributed by atoms with Crippen LogP contribution in [0.15, 0.2) is 55.1 Å². The number of carbonyl (C=O) groups is 1. The number of rotatable bonds is 5. The van der Waals surface area contributed by atoms with Gasteiger partial charge in [-0.25, -0.2) is 14.6 Å². The molecule has 2 aromatic carbocycles. The number of anilines is 1. The number of aromatic nitrogens is 4. The van der Waals surface area contributed by atoms with Crippen LogP contribution in [0.3, 0.4) is 0 Å². The highest BCUT2D eigenvalue weighted by atomic mass is 32.1. The maximum atomic E-state index is 12.5. The highest BCUT2D eigenvalue weighted by molar-refractivity contribution is 7.22. The minimum atomic E-state index is -0.199. The highest BCUT2D eigenvalue weighted by Gasteiger charge is 2.12. The SMILES string of the molecule is COc1cccc2sc(NC(=O)c3ccc(Cn4cncn4)cc3)nc12. The van der Waals surface area contributed by atoms with E-state index in [0.717, 1.165) is 15.8 Å². The molecule has 4 rings (SSSR count). The zero-order valence-electron chi connectivity index (χ0n) is 13.9. The van der Waals surface area contributed by atoms with Crippen LogP contribution in [0.2, 0.25) is 0 Å². The van der Waals surface area contributed by atoms with Gasteiger partial charge in [-0.1, -0.05) is 29.5 Å². The summed E-state index contributed by atoms with van der Waals surface area (Å²) < 4.78 is 7.99. The summed E-state index contributed by atoms with van der Waals surface area (Å²) in [6.45, 7) is 0.611. The summed E-state index contributed by atoms with van der Waals surface area (Å²) in [6.07, 6.45) is 3.15. The first-order valence-corrected chi connectivity index (χ1v) is 8.71. The van der Waals surface area contributed by atoms with Crippen LogP contribution in [0.4, 0.5) is 5.13 Å². The van der Waals surface area contributed by atoms with E-state index in [9.17, 15) is 4.79 Å². The summed E-state index contributed by atoms with van der Waals surface area (Å²) in [5.74, 6) is 0.493. The fourth-order valence-electron chi connectivity index (χ4n) is 2.57. The van der Waals surface area contributed by atoms with E-state index in [1.54, 1.807) is 30.3 Å². The third kappa shape index (κ3) is 3.27. The topological polar surface area (TPSA) is 81.9 Å². The molecule has 0 aliphatic heterocycles. The zero-order chi connectivity index (χ0) is 17.9. The third-order valence-corrected chi connectivity index (χ3v) is 4.79. The van der Waals surface area contributed by atoms with Gasteiger partial charge in [0.25, 0.3) is 5.91 Å². The molecule has 7 nitrogen and oxygen atoms in total. The summed E-state index contributed by atoms with van der Waals surface area (Å²) in [5.41, 5.74) is 2.36. The normalized spacial score (nSPS) is 10.8. The van der Waals surface area contributed by atoms with Crippen molar-refractivity contribution >= 4 is 32.6 Å². The summed E-state index contributed by atoms with van der Waals surface area (Å²) in [6, 6.07) is 13.1. The second kappa shape index (κ2) is 6.93. The lowest BCUT2D eigenvalue weighted by Crippen LogP contribution is -2.11. The Balaban J connectivity index is 1.49. The van der Waals surface area contributed by atoms with Crippen molar-refractivity contribution in [1.82, 2.24) is 19.7 Å². The van der Waals surface area contributed by atoms with Crippen LogP contribution < -0.4 is 10.1 Å². The van der Waals surface area contributed by atoms with Gasteiger partial charge in [0.15, 0.2) is 5.13 Å². The quantitative estimate of drug-likeness (QED) is 0.587. The van der Waals surface area contributed by atoms with E-state index in [-0.39, 0.29) is 5.91 Å². The summed E-state index contributed by atoms with van der Waals surface area (Å²) in [5, 5.41) is 7.46. The molecule has 1 N–H and O–H groups in total. The second-order valence-electron chi connectivity index (χ2n) is 5.57. The molecular weight excluding hydrogens is 350 g/mol. The number of fused-ring (bicyclic) bond motifs is 1. The number of amides is 1. The number of methoxy groups -OCH3 is 1. The number of hydrogen-bond acceptors (Lipinski definition) is 6. The van der Waals surface area contributed by atoms with E-state index < -0.39 is 0 Å². The number of carbonyl (C=O) groups excluding carboxylic acids is 1. The molecular formula is C18H15N5O2S. The van der Waals surface area contributed by atoms with Gasteiger partial charge in [0.1, 0.15) is 23.9 Å². The number of ether oxygens (including phenoxy) is 1. The van der Waals surface area contributed by atoms with Gasteiger partial charge in [-0.2, -0.15) is 5.10 Å². The van der Waals surface area contributed by atoms with Gasteiger partial charge in [-0.15, -0.1) is 0 Å². The van der Waals surface area contributed by atoms with Crippen molar-refractivity contribution in [2.45, 2.75) is 6.54 Å². The molecule has 0 aliphatic carbocycles. The monoisotopic (exact) mass is 365 g/mol. The average molecular weight is 365 g/mol. The Kier molecular flexibility index (Phi) is 4.32. The molecule has 4 aromatic rings.